The van der Waals surface area contributed by atoms with Gasteiger partial charge in [-0.15, -0.1) is 0 Å². The molecule has 0 saturated carbocycles. The lowest BCUT2D eigenvalue weighted by Crippen LogP contribution is -2.25. The Kier molecular flexibility index (Phi) is 5.85. The summed E-state index contributed by atoms with van der Waals surface area (Å²) in [6, 6.07) is 7.13. The summed E-state index contributed by atoms with van der Waals surface area (Å²) < 4.78 is 16.0. The summed E-state index contributed by atoms with van der Waals surface area (Å²) in [6.07, 6.45) is -0.737. The molecule has 1 heterocycles. The predicted octanol–water partition coefficient (Wildman–Crippen LogP) is 3.47. The van der Waals surface area contributed by atoms with Crippen LogP contribution in [0.5, 0.6) is 11.5 Å². The van der Waals surface area contributed by atoms with E-state index in [0.717, 1.165) is 0 Å². The Morgan fingerprint density at radius 1 is 1.16 bits per heavy atom. The van der Waals surface area contributed by atoms with Crippen LogP contribution in [0.2, 0.25) is 0 Å². The number of carbonyl (C=O) groups excluding carboxylic acids is 2. The van der Waals surface area contributed by atoms with Crippen molar-refractivity contribution in [1.29, 1.82) is 0 Å². The minimum atomic E-state index is -0.737. The van der Waals surface area contributed by atoms with Crippen molar-refractivity contribution in [1.82, 2.24) is 4.98 Å². The Labute approximate surface area is 147 Å². The Balaban J connectivity index is 2.26. The highest BCUT2D eigenvalue weighted by atomic mass is 16.5. The third-order valence-corrected chi connectivity index (χ3v) is 3.91. The van der Waals surface area contributed by atoms with Gasteiger partial charge in [0.1, 0.15) is 5.69 Å². The number of aromatic nitrogens is 1. The molecule has 0 aliphatic heterocycles. The van der Waals surface area contributed by atoms with Crippen LogP contribution in [0, 0.1) is 13.8 Å². The Hall–Kier alpha value is -2.76. The van der Waals surface area contributed by atoms with Gasteiger partial charge in [0.2, 0.25) is 5.78 Å². The normalized spacial score (nSPS) is 11.7. The van der Waals surface area contributed by atoms with Crippen LogP contribution in [-0.4, -0.2) is 36.6 Å². The van der Waals surface area contributed by atoms with E-state index in [0.29, 0.717) is 34.0 Å². The highest BCUT2D eigenvalue weighted by Gasteiger charge is 2.27. The zero-order chi connectivity index (χ0) is 18.6. The molecule has 0 radical (unpaired) electrons. The topological polar surface area (TPSA) is 77.6 Å². The van der Waals surface area contributed by atoms with Crippen LogP contribution in [0.25, 0.3) is 0 Å². The number of nitrogens with one attached hydrogen (secondary N) is 1. The number of hydrogen-bond donors (Lipinski definition) is 1. The lowest BCUT2D eigenvalue weighted by Gasteiger charge is -2.16. The first kappa shape index (κ1) is 18.6. The van der Waals surface area contributed by atoms with Gasteiger partial charge in [0.15, 0.2) is 17.6 Å². The van der Waals surface area contributed by atoms with Crippen molar-refractivity contribution >= 4 is 11.8 Å². The number of carbonyl (C=O) groups is 2. The molecular formula is C19H23NO5. The maximum atomic E-state index is 12.8. The first-order chi connectivity index (χ1) is 11.9. The molecule has 0 bridgehead atoms. The van der Waals surface area contributed by atoms with Crippen molar-refractivity contribution in [3.63, 3.8) is 0 Å². The Bertz CT molecular complexity index is 778. The lowest BCUT2D eigenvalue weighted by molar-refractivity contribution is 0.0519. The summed E-state index contributed by atoms with van der Waals surface area (Å²) in [5.41, 5.74) is 1.93. The average Bonchev–Trinajstić information content (AvgIpc) is 2.89. The van der Waals surface area contributed by atoms with E-state index in [2.05, 4.69) is 4.98 Å². The third-order valence-electron chi connectivity index (χ3n) is 3.91. The number of ether oxygens (including phenoxy) is 3. The third kappa shape index (κ3) is 3.84. The summed E-state index contributed by atoms with van der Waals surface area (Å²) in [4.78, 5) is 27.8. The van der Waals surface area contributed by atoms with Crippen LogP contribution in [0.3, 0.4) is 0 Å². The zero-order valence-electron chi connectivity index (χ0n) is 15.1. The molecule has 0 spiro atoms. The van der Waals surface area contributed by atoms with Crippen molar-refractivity contribution in [2.75, 3.05) is 13.7 Å². The van der Waals surface area contributed by atoms with Gasteiger partial charge in [-0.25, -0.2) is 4.79 Å². The van der Waals surface area contributed by atoms with Crippen LogP contribution < -0.4 is 9.47 Å². The van der Waals surface area contributed by atoms with E-state index in [9.17, 15) is 9.59 Å². The highest BCUT2D eigenvalue weighted by molar-refractivity contribution is 6.04. The molecule has 0 saturated heterocycles. The minimum Gasteiger partial charge on any atom is -0.493 e. The fourth-order valence-electron chi connectivity index (χ4n) is 2.69. The molecule has 1 aromatic carbocycles. The second-order valence-corrected chi connectivity index (χ2v) is 5.62. The molecular weight excluding hydrogens is 322 g/mol. The summed E-state index contributed by atoms with van der Waals surface area (Å²) in [6.45, 7) is 7.15. The number of hydrogen-bond acceptors (Lipinski definition) is 5. The van der Waals surface area contributed by atoms with E-state index < -0.39 is 12.1 Å². The summed E-state index contributed by atoms with van der Waals surface area (Å²) in [5.74, 6) is 0.354. The molecule has 2 aromatic rings. The molecule has 0 fully saturated rings. The van der Waals surface area contributed by atoms with Crippen LogP contribution in [0.15, 0.2) is 24.3 Å². The second kappa shape index (κ2) is 7.88. The molecule has 134 valence electrons. The van der Waals surface area contributed by atoms with Gasteiger partial charge in [0.25, 0.3) is 0 Å². The molecule has 0 aliphatic carbocycles. The SMILES string of the molecule is CCOC(=O)c1[nH]c(C)c(C(=O)[C@H](C)Oc2ccccc2OC)c1C. The molecule has 0 amide bonds. The second-order valence-electron chi connectivity index (χ2n) is 5.62. The molecule has 0 aliphatic rings. The van der Waals surface area contributed by atoms with Crippen molar-refractivity contribution in [2.45, 2.75) is 33.8 Å². The molecule has 1 atom stereocenters. The van der Waals surface area contributed by atoms with Crippen LogP contribution >= 0.6 is 0 Å². The van der Waals surface area contributed by atoms with Crippen LogP contribution in [0.1, 0.15) is 46.0 Å². The maximum Gasteiger partial charge on any atom is 0.355 e. The fraction of sp³-hybridized carbons (Fsp3) is 0.368. The molecule has 1 N–H and O–H groups in total. The molecule has 25 heavy (non-hydrogen) atoms. The van der Waals surface area contributed by atoms with E-state index in [1.54, 1.807) is 53.0 Å². The predicted molar refractivity (Wildman–Crippen MR) is 93.6 cm³/mol. The van der Waals surface area contributed by atoms with Gasteiger partial charge >= 0.3 is 5.97 Å². The fourth-order valence-corrected chi connectivity index (χ4v) is 2.69. The molecule has 2 rings (SSSR count). The number of para-hydroxylation sites is 2. The van der Waals surface area contributed by atoms with Gasteiger partial charge in [-0.2, -0.15) is 0 Å². The monoisotopic (exact) mass is 345 g/mol. The lowest BCUT2D eigenvalue weighted by atomic mass is 10.0. The number of aromatic amines is 1. The number of H-pyrrole nitrogens is 1. The number of ketones is 1. The quantitative estimate of drug-likeness (QED) is 0.614. The van der Waals surface area contributed by atoms with Gasteiger partial charge < -0.3 is 19.2 Å². The number of benzene rings is 1. The largest absolute Gasteiger partial charge is 0.493 e. The number of aryl methyl sites for hydroxylation is 1. The van der Waals surface area contributed by atoms with Crippen LogP contribution in [-0.2, 0) is 4.74 Å². The first-order valence-electron chi connectivity index (χ1n) is 8.10. The first-order valence-corrected chi connectivity index (χ1v) is 8.10. The summed E-state index contributed by atoms with van der Waals surface area (Å²) in [7, 11) is 1.54. The Morgan fingerprint density at radius 2 is 1.80 bits per heavy atom. The molecule has 0 unspecified atom stereocenters. The van der Waals surface area contributed by atoms with Crippen molar-refractivity contribution in [3.05, 3.63) is 46.8 Å². The van der Waals surface area contributed by atoms with Gasteiger partial charge in [-0.3, -0.25) is 4.79 Å². The van der Waals surface area contributed by atoms with E-state index in [4.69, 9.17) is 14.2 Å². The number of Topliss-reactive ketones (excluding diaryl/α,β-unsaturated/α-hetero) is 1. The standard InChI is InChI=1S/C19H23NO5/c1-6-24-19(22)17-11(2)16(12(3)20-17)18(21)13(4)25-15-10-8-7-9-14(15)23-5/h7-10,13,20H,6H2,1-5H3/t13-/m0/s1. The Morgan fingerprint density at radius 3 is 2.40 bits per heavy atom. The maximum absolute atomic E-state index is 12.8. The van der Waals surface area contributed by atoms with Gasteiger partial charge in [-0.05, 0) is 45.4 Å². The molecule has 1 aromatic heterocycles. The molecule has 6 heteroatoms. The minimum absolute atomic E-state index is 0.215. The van der Waals surface area contributed by atoms with E-state index >= 15 is 0 Å². The number of methoxy groups -OCH3 is 1. The summed E-state index contributed by atoms with van der Waals surface area (Å²) >= 11 is 0. The van der Waals surface area contributed by atoms with Crippen molar-refractivity contribution in [3.8, 4) is 11.5 Å². The smallest absolute Gasteiger partial charge is 0.355 e. The van der Waals surface area contributed by atoms with Crippen molar-refractivity contribution < 1.29 is 23.8 Å². The van der Waals surface area contributed by atoms with E-state index in [1.807, 2.05) is 6.07 Å². The number of rotatable bonds is 7. The van der Waals surface area contributed by atoms with Gasteiger partial charge in [-0.1, -0.05) is 12.1 Å². The number of esters is 1. The van der Waals surface area contributed by atoms with Gasteiger partial charge in [0.05, 0.1) is 13.7 Å². The zero-order valence-corrected chi connectivity index (χ0v) is 15.1. The van der Waals surface area contributed by atoms with Crippen LogP contribution in [0.4, 0.5) is 0 Å². The molecule has 6 nitrogen and oxygen atoms in total. The van der Waals surface area contributed by atoms with Crippen molar-refractivity contribution in [2.24, 2.45) is 0 Å². The summed E-state index contributed by atoms with van der Waals surface area (Å²) in [5, 5.41) is 0. The van der Waals surface area contributed by atoms with E-state index in [1.165, 1.54) is 0 Å². The van der Waals surface area contributed by atoms with E-state index in [-0.39, 0.29) is 12.4 Å². The highest BCUT2D eigenvalue weighted by Crippen LogP contribution is 2.28. The average molecular weight is 345 g/mol. The van der Waals surface area contributed by atoms with Gasteiger partial charge in [0, 0.05) is 11.3 Å².